The van der Waals surface area contributed by atoms with Gasteiger partial charge in [-0.3, -0.25) is 15.6 Å². The van der Waals surface area contributed by atoms with E-state index in [9.17, 15) is 4.79 Å². The molecule has 1 heterocycles. The summed E-state index contributed by atoms with van der Waals surface area (Å²) in [6.07, 6.45) is 3.44. The Morgan fingerprint density at radius 1 is 1.07 bits per heavy atom. The molecule has 140 valence electrons. The Kier molecular flexibility index (Phi) is 6.08. The number of anilines is 1. The summed E-state index contributed by atoms with van der Waals surface area (Å²) in [7, 11) is 0. The number of para-hydroxylation sites is 1. The van der Waals surface area contributed by atoms with Gasteiger partial charge in [-0.1, -0.05) is 43.7 Å². The molecule has 3 aromatic rings. The van der Waals surface area contributed by atoms with Crippen molar-refractivity contribution in [3.63, 3.8) is 0 Å². The summed E-state index contributed by atoms with van der Waals surface area (Å²) in [4.78, 5) is 12.4. The number of fused-ring (bicyclic) bond motifs is 1. The van der Waals surface area contributed by atoms with E-state index in [0.717, 1.165) is 23.1 Å². The molecule has 0 radical (unpaired) electrons. The lowest BCUT2D eigenvalue weighted by molar-refractivity contribution is 0.0917. The third-order valence-corrected chi connectivity index (χ3v) is 4.57. The predicted molar refractivity (Wildman–Crippen MR) is 113 cm³/mol. The summed E-state index contributed by atoms with van der Waals surface area (Å²) >= 11 is 5.24. The largest absolute Gasteiger partial charge is 0.451 e. The monoisotopic (exact) mass is 381 g/mol. The summed E-state index contributed by atoms with van der Waals surface area (Å²) in [6, 6.07) is 15.7. The number of nitrogens with one attached hydrogen (secondary N) is 3. The van der Waals surface area contributed by atoms with Crippen LogP contribution < -0.4 is 16.2 Å². The van der Waals surface area contributed by atoms with E-state index in [1.165, 1.54) is 18.4 Å². The summed E-state index contributed by atoms with van der Waals surface area (Å²) < 4.78 is 5.64. The molecule has 0 unspecified atom stereocenters. The van der Waals surface area contributed by atoms with Crippen LogP contribution in [0.3, 0.4) is 0 Å². The third kappa shape index (κ3) is 4.65. The van der Waals surface area contributed by atoms with Crippen molar-refractivity contribution in [3.8, 4) is 0 Å². The zero-order valence-corrected chi connectivity index (χ0v) is 16.3. The van der Waals surface area contributed by atoms with Crippen molar-refractivity contribution in [1.29, 1.82) is 0 Å². The molecular formula is C21H23N3O2S. The van der Waals surface area contributed by atoms with Crippen LogP contribution in [0.4, 0.5) is 5.69 Å². The predicted octanol–water partition coefficient (Wildman–Crippen LogP) is 4.72. The highest BCUT2D eigenvalue weighted by molar-refractivity contribution is 7.80. The van der Waals surface area contributed by atoms with Crippen molar-refractivity contribution in [2.24, 2.45) is 0 Å². The van der Waals surface area contributed by atoms with E-state index >= 15 is 0 Å². The van der Waals surface area contributed by atoms with Gasteiger partial charge >= 0.3 is 5.91 Å². The quantitative estimate of drug-likeness (QED) is 0.441. The SMILES string of the molecule is CCCCc1ccc(NC(=S)NNC(=O)c2oc3ccccc3c2C)cc1. The van der Waals surface area contributed by atoms with Crippen molar-refractivity contribution in [3.05, 3.63) is 65.4 Å². The van der Waals surface area contributed by atoms with Gasteiger partial charge in [-0.15, -0.1) is 0 Å². The van der Waals surface area contributed by atoms with E-state index in [0.29, 0.717) is 10.7 Å². The third-order valence-electron chi connectivity index (χ3n) is 4.37. The zero-order valence-electron chi connectivity index (χ0n) is 15.5. The number of hydrogen-bond donors (Lipinski definition) is 3. The molecule has 2 aromatic carbocycles. The van der Waals surface area contributed by atoms with Gasteiger partial charge in [-0.25, -0.2) is 0 Å². The second kappa shape index (κ2) is 8.68. The molecule has 0 spiro atoms. The molecule has 0 fully saturated rings. The van der Waals surface area contributed by atoms with Crippen LogP contribution in [0, 0.1) is 6.92 Å². The van der Waals surface area contributed by atoms with E-state index in [2.05, 4.69) is 35.2 Å². The highest BCUT2D eigenvalue weighted by atomic mass is 32.1. The maximum atomic E-state index is 12.4. The summed E-state index contributed by atoms with van der Waals surface area (Å²) in [5.41, 5.74) is 8.93. The molecule has 3 N–H and O–H groups in total. The van der Waals surface area contributed by atoms with Crippen molar-refractivity contribution in [2.75, 3.05) is 5.32 Å². The highest BCUT2D eigenvalue weighted by Gasteiger charge is 2.17. The maximum Gasteiger partial charge on any atom is 0.305 e. The normalized spacial score (nSPS) is 10.6. The molecule has 0 atom stereocenters. The topological polar surface area (TPSA) is 66.3 Å². The molecule has 0 aliphatic carbocycles. The van der Waals surface area contributed by atoms with Crippen LogP contribution in [0.25, 0.3) is 11.0 Å². The minimum atomic E-state index is -0.372. The van der Waals surface area contributed by atoms with Crippen LogP contribution in [0.5, 0.6) is 0 Å². The van der Waals surface area contributed by atoms with E-state index in [-0.39, 0.29) is 11.7 Å². The molecule has 0 aliphatic heterocycles. The number of carbonyl (C=O) groups excluding carboxylic acids is 1. The Balaban J connectivity index is 1.55. The first-order valence-corrected chi connectivity index (χ1v) is 9.43. The van der Waals surface area contributed by atoms with E-state index in [4.69, 9.17) is 16.6 Å². The molecule has 6 heteroatoms. The number of benzene rings is 2. The summed E-state index contributed by atoms with van der Waals surface area (Å²) in [6.45, 7) is 4.04. The van der Waals surface area contributed by atoms with Gasteiger partial charge < -0.3 is 9.73 Å². The fraction of sp³-hybridized carbons (Fsp3) is 0.238. The van der Waals surface area contributed by atoms with Crippen LogP contribution >= 0.6 is 12.2 Å². The summed E-state index contributed by atoms with van der Waals surface area (Å²) in [5, 5.41) is 4.28. The Bertz CT molecular complexity index is 948. The molecular weight excluding hydrogens is 358 g/mol. The van der Waals surface area contributed by atoms with Crippen LogP contribution in [-0.4, -0.2) is 11.0 Å². The lowest BCUT2D eigenvalue weighted by Crippen LogP contribution is -2.43. The minimum absolute atomic E-state index is 0.270. The van der Waals surface area contributed by atoms with Crippen molar-refractivity contribution in [1.82, 2.24) is 10.9 Å². The number of hydrazine groups is 1. The van der Waals surface area contributed by atoms with Gasteiger partial charge in [-0.2, -0.15) is 0 Å². The van der Waals surface area contributed by atoms with Gasteiger partial charge in [-0.05, 0) is 55.7 Å². The van der Waals surface area contributed by atoms with Crippen molar-refractivity contribution in [2.45, 2.75) is 33.1 Å². The maximum absolute atomic E-state index is 12.4. The molecule has 0 bridgehead atoms. The van der Waals surface area contributed by atoms with Gasteiger partial charge in [0.1, 0.15) is 5.58 Å². The Hall–Kier alpha value is -2.86. The zero-order chi connectivity index (χ0) is 19.2. The Morgan fingerprint density at radius 2 is 1.81 bits per heavy atom. The average Bonchev–Trinajstić information content (AvgIpc) is 3.03. The number of amides is 1. The molecule has 1 amide bonds. The lowest BCUT2D eigenvalue weighted by Gasteiger charge is -2.11. The summed E-state index contributed by atoms with van der Waals surface area (Å²) in [5.74, 6) is -0.102. The van der Waals surface area contributed by atoms with E-state index in [1.807, 2.05) is 43.3 Å². The fourth-order valence-electron chi connectivity index (χ4n) is 2.86. The fourth-order valence-corrected chi connectivity index (χ4v) is 3.03. The standard InChI is InChI=1S/C21H23N3O2S/c1-3-4-7-15-10-12-16(13-11-15)22-21(27)24-23-20(25)19-14(2)17-8-5-6-9-18(17)26-19/h5-6,8-13H,3-4,7H2,1-2H3,(H,23,25)(H2,22,24,27). The molecule has 0 saturated heterocycles. The first kappa shape index (κ1) is 18.9. The van der Waals surface area contributed by atoms with E-state index < -0.39 is 0 Å². The van der Waals surface area contributed by atoms with Gasteiger partial charge in [0.05, 0.1) is 0 Å². The second-order valence-corrected chi connectivity index (χ2v) is 6.79. The van der Waals surface area contributed by atoms with Crippen LogP contribution in [-0.2, 0) is 6.42 Å². The molecule has 0 aliphatic rings. The van der Waals surface area contributed by atoms with Crippen LogP contribution in [0.1, 0.15) is 41.4 Å². The van der Waals surface area contributed by atoms with Crippen molar-refractivity contribution >= 4 is 39.9 Å². The average molecular weight is 382 g/mol. The lowest BCUT2D eigenvalue weighted by atomic mass is 10.1. The number of aryl methyl sites for hydroxylation is 2. The number of furan rings is 1. The van der Waals surface area contributed by atoms with Gasteiger partial charge in [0, 0.05) is 16.6 Å². The first-order chi connectivity index (χ1) is 13.1. The van der Waals surface area contributed by atoms with Gasteiger partial charge in [0.25, 0.3) is 0 Å². The number of carbonyl (C=O) groups is 1. The Labute approximate surface area is 164 Å². The van der Waals surface area contributed by atoms with Gasteiger partial charge in [0.15, 0.2) is 10.9 Å². The van der Waals surface area contributed by atoms with Crippen LogP contribution in [0.15, 0.2) is 52.9 Å². The molecule has 27 heavy (non-hydrogen) atoms. The van der Waals surface area contributed by atoms with Crippen molar-refractivity contribution < 1.29 is 9.21 Å². The molecule has 5 nitrogen and oxygen atoms in total. The second-order valence-electron chi connectivity index (χ2n) is 6.39. The molecule has 1 aromatic heterocycles. The number of hydrogen-bond acceptors (Lipinski definition) is 3. The Morgan fingerprint density at radius 3 is 2.52 bits per heavy atom. The van der Waals surface area contributed by atoms with E-state index in [1.54, 1.807) is 0 Å². The highest BCUT2D eigenvalue weighted by Crippen LogP contribution is 2.24. The smallest absolute Gasteiger partial charge is 0.305 e. The molecule has 3 rings (SSSR count). The number of rotatable bonds is 5. The van der Waals surface area contributed by atoms with Gasteiger partial charge in [0.2, 0.25) is 0 Å². The molecule has 0 saturated carbocycles. The minimum Gasteiger partial charge on any atom is -0.451 e. The number of unbranched alkanes of at least 4 members (excludes halogenated alkanes) is 1. The van der Waals surface area contributed by atoms with Crippen LogP contribution in [0.2, 0.25) is 0 Å². The number of thiocarbonyl (C=S) groups is 1. The first-order valence-electron chi connectivity index (χ1n) is 9.03.